The van der Waals surface area contributed by atoms with Gasteiger partial charge in [0.05, 0.1) is 12.6 Å². The van der Waals surface area contributed by atoms with Gasteiger partial charge in [0.15, 0.2) is 5.96 Å². The molecule has 25 nitrogen and oxygen atoms in total. The largest absolute Gasteiger partial charge is 0.480 e. The minimum Gasteiger partial charge on any atom is -0.480 e. The number of likely N-dealkylation sites (tertiary alicyclic amines) is 4. The minimum absolute atomic E-state index is 0.0252. The highest BCUT2D eigenvalue weighted by Crippen LogP contribution is 2.31. The molecular weight excluding hydrogens is 927 g/mol. The molecule has 12 N–H and O–H groups in total. The van der Waals surface area contributed by atoms with Gasteiger partial charge in [0.1, 0.15) is 54.4 Å². The third-order valence-electron chi connectivity index (χ3n) is 13.9. The van der Waals surface area contributed by atoms with Crippen LogP contribution >= 0.6 is 0 Å². The van der Waals surface area contributed by atoms with Gasteiger partial charge in [0.2, 0.25) is 53.2 Å². The molecule has 0 aromatic rings. The maximum atomic E-state index is 14.3. The van der Waals surface area contributed by atoms with Gasteiger partial charge in [-0.2, -0.15) is 0 Å². The van der Waals surface area contributed by atoms with Gasteiger partial charge >= 0.3 is 5.97 Å². The number of amides is 9. The average Bonchev–Trinajstić information content (AvgIpc) is 4.19. The summed E-state index contributed by atoms with van der Waals surface area (Å²) in [5.74, 6) is -6.72. The molecule has 0 unspecified atom stereocenters. The highest BCUT2D eigenvalue weighted by Gasteiger charge is 2.48. The van der Waals surface area contributed by atoms with Crippen molar-refractivity contribution >= 4 is 65.1 Å². The van der Waals surface area contributed by atoms with Gasteiger partial charge in [-0.3, -0.25) is 48.1 Å². The molecule has 9 amide bonds. The van der Waals surface area contributed by atoms with E-state index in [4.69, 9.17) is 11.5 Å². The molecule has 5 heterocycles. The summed E-state index contributed by atoms with van der Waals surface area (Å²) in [7, 11) is 0. The van der Waals surface area contributed by atoms with Gasteiger partial charge in [-0.15, -0.1) is 0 Å². The van der Waals surface area contributed by atoms with Crippen molar-refractivity contribution in [2.45, 2.75) is 172 Å². The molecule has 0 aromatic heterocycles. The van der Waals surface area contributed by atoms with Crippen molar-refractivity contribution in [3.63, 3.8) is 0 Å². The summed E-state index contributed by atoms with van der Waals surface area (Å²) in [6, 6.07) is -10.2. The first-order valence-corrected chi connectivity index (χ1v) is 25.1. The van der Waals surface area contributed by atoms with Crippen LogP contribution in [-0.2, 0) is 47.9 Å². The summed E-state index contributed by atoms with van der Waals surface area (Å²) in [4.78, 5) is 145. The van der Waals surface area contributed by atoms with Crippen LogP contribution in [0.4, 0.5) is 0 Å². The van der Waals surface area contributed by atoms with Gasteiger partial charge in [0.25, 0.3) is 0 Å². The summed E-state index contributed by atoms with van der Waals surface area (Å²) in [5, 5.41) is 34.9. The van der Waals surface area contributed by atoms with Crippen molar-refractivity contribution in [3.8, 4) is 0 Å². The molecule has 0 aromatic carbocycles. The summed E-state index contributed by atoms with van der Waals surface area (Å²) >= 11 is 0. The number of hydrogen-bond donors (Lipinski definition) is 10. The van der Waals surface area contributed by atoms with E-state index in [0.29, 0.717) is 64.6 Å². The lowest BCUT2D eigenvalue weighted by molar-refractivity contribution is -0.152. The van der Waals surface area contributed by atoms with Gasteiger partial charge in [-0.25, -0.2) is 4.79 Å². The predicted octanol–water partition coefficient (Wildman–Crippen LogP) is -3.66. The van der Waals surface area contributed by atoms with E-state index < -0.39 is 102 Å². The zero-order valence-corrected chi connectivity index (χ0v) is 41.4. The Hall–Kier alpha value is -6.11. The van der Waals surface area contributed by atoms with Gasteiger partial charge in [0, 0.05) is 32.7 Å². The van der Waals surface area contributed by atoms with E-state index >= 15 is 0 Å². The van der Waals surface area contributed by atoms with Crippen molar-refractivity contribution in [1.29, 1.82) is 0 Å². The molecular formula is C46H75N13O12. The van der Waals surface area contributed by atoms with Crippen LogP contribution in [0.2, 0.25) is 0 Å². The van der Waals surface area contributed by atoms with Gasteiger partial charge in [-0.05, 0) is 110 Å². The first-order chi connectivity index (χ1) is 33.7. The molecule has 71 heavy (non-hydrogen) atoms. The normalized spacial score (nSPS) is 24.1. The predicted molar refractivity (Wildman–Crippen MR) is 255 cm³/mol. The third-order valence-corrected chi connectivity index (χ3v) is 13.9. The molecule has 0 bridgehead atoms. The van der Waals surface area contributed by atoms with Crippen LogP contribution in [0.1, 0.15) is 111 Å². The molecule has 396 valence electrons. The number of guanidine groups is 1. The molecule has 5 saturated heterocycles. The first kappa shape index (κ1) is 55.8. The molecule has 0 spiro atoms. The van der Waals surface area contributed by atoms with E-state index in [1.54, 1.807) is 23.6 Å². The molecule has 0 aliphatic carbocycles. The molecule has 5 aliphatic rings. The van der Waals surface area contributed by atoms with E-state index in [1.807, 2.05) is 0 Å². The number of carbonyl (C=O) groups excluding carboxylic acids is 9. The fourth-order valence-electron chi connectivity index (χ4n) is 10.1. The van der Waals surface area contributed by atoms with E-state index in [2.05, 4.69) is 36.9 Å². The highest BCUT2D eigenvalue weighted by atomic mass is 16.4. The quantitative estimate of drug-likeness (QED) is 0.0284. The number of hydrogen-bond acceptors (Lipinski definition) is 13. The van der Waals surface area contributed by atoms with E-state index in [-0.39, 0.29) is 74.4 Å². The molecule has 10 atom stereocenters. The van der Waals surface area contributed by atoms with Crippen molar-refractivity contribution in [2.75, 3.05) is 45.9 Å². The van der Waals surface area contributed by atoms with Crippen LogP contribution in [0.5, 0.6) is 0 Å². The average molecular weight is 1000 g/mol. The lowest BCUT2D eigenvalue weighted by atomic mass is 10.0. The van der Waals surface area contributed by atoms with E-state index in [1.165, 1.54) is 23.6 Å². The van der Waals surface area contributed by atoms with Crippen molar-refractivity contribution < 1.29 is 58.2 Å². The van der Waals surface area contributed by atoms with Crippen LogP contribution in [0.3, 0.4) is 0 Å². The minimum atomic E-state index is -1.55. The summed E-state index contributed by atoms with van der Waals surface area (Å²) in [5.41, 5.74) is 10.9. The summed E-state index contributed by atoms with van der Waals surface area (Å²) in [6.07, 6.45) is 5.79. The van der Waals surface area contributed by atoms with E-state index in [9.17, 15) is 58.2 Å². The Balaban J connectivity index is 1.17. The van der Waals surface area contributed by atoms with Gasteiger partial charge < -0.3 is 73.2 Å². The summed E-state index contributed by atoms with van der Waals surface area (Å²) < 4.78 is 0. The van der Waals surface area contributed by atoms with Crippen LogP contribution in [0.15, 0.2) is 4.99 Å². The van der Waals surface area contributed by atoms with Crippen LogP contribution in [-0.4, -0.2) is 201 Å². The maximum absolute atomic E-state index is 14.3. The number of carbonyl (C=O) groups is 10. The Morgan fingerprint density at radius 1 is 0.577 bits per heavy atom. The molecule has 0 radical (unpaired) electrons. The number of aliphatic hydroxyl groups is 1. The Labute approximate surface area is 413 Å². The van der Waals surface area contributed by atoms with E-state index in [0.717, 1.165) is 19.4 Å². The zero-order valence-electron chi connectivity index (χ0n) is 41.4. The topological polar surface area (TPSA) is 361 Å². The van der Waals surface area contributed by atoms with Gasteiger partial charge in [-0.1, -0.05) is 13.8 Å². The number of carboxylic acid groups (broad SMARTS) is 1. The molecule has 5 fully saturated rings. The van der Waals surface area contributed by atoms with Crippen molar-refractivity contribution in [1.82, 2.24) is 51.5 Å². The second-order valence-electron chi connectivity index (χ2n) is 19.7. The number of carboxylic acids is 1. The number of nitrogens with one attached hydrogen (secondary N) is 6. The monoisotopic (exact) mass is 1000 g/mol. The number of nitrogens with two attached hydrogens (primary N) is 2. The fourth-order valence-corrected chi connectivity index (χ4v) is 10.1. The molecule has 5 aliphatic heterocycles. The Bertz CT molecular complexity index is 2010. The van der Waals surface area contributed by atoms with Crippen LogP contribution in [0, 0.1) is 5.92 Å². The number of nitrogens with zero attached hydrogens (tertiary/aromatic N) is 5. The maximum Gasteiger partial charge on any atom is 0.326 e. The second-order valence-corrected chi connectivity index (χ2v) is 19.7. The van der Waals surface area contributed by atoms with Crippen molar-refractivity contribution in [2.24, 2.45) is 22.4 Å². The second kappa shape index (κ2) is 25.8. The number of aliphatic carboxylic acids is 1. The lowest BCUT2D eigenvalue weighted by Crippen LogP contribution is -2.59. The summed E-state index contributed by atoms with van der Waals surface area (Å²) in [6.45, 7) is 7.55. The molecule has 0 saturated carbocycles. The fraction of sp³-hybridized carbons (Fsp3) is 0.761. The van der Waals surface area contributed by atoms with Crippen LogP contribution in [0.25, 0.3) is 0 Å². The lowest BCUT2D eigenvalue weighted by Gasteiger charge is -2.36. The van der Waals surface area contributed by atoms with Crippen molar-refractivity contribution in [3.05, 3.63) is 0 Å². The zero-order chi connectivity index (χ0) is 52.1. The Kier molecular flexibility index (Phi) is 20.3. The first-order valence-electron chi connectivity index (χ1n) is 25.1. The smallest absolute Gasteiger partial charge is 0.326 e. The Morgan fingerprint density at radius 3 is 1.49 bits per heavy atom. The Morgan fingerprint density at radius 2 is 1.03 bits per heavy atom. The third kappa shape index (κ3) is 14.5. The molecule has 25 heteroatoms. The standard InChI is InChI=1S/C46H75N13O12/c1-25(2)23-30(45(70)71)54-39(64)31(24-60)55-37(62)26(3)51-38(63)28(11-5-18-50-46(47)48)53-36(61)27(4)52-40(65)32-13-7-19-56(32)42(67)34-15-9-21-58(34)44(69)35-16-10-22-59(35)43(68)33-14-8-20-57(33)41(66)29-12-6-17-49-29/h25-35,49,60H,5-24H2,1-4H3,(H,51,63)(H,52,65)(H,53,61)(H,54,64)(H,55,62)(H,70,71)(H4,47,48,50)/t26-,27-,28-,29-,30-,31-,32-,33-,34-,35-/m0/s1. The number of aliphatic imine (C=N–C) groups is 1. The molecule has 5 rings (SSSR count). The van der Waals surface area contributed by atoms with Crippen LogP contribution < -0.4 is 43.4 Å². The number of rotatable bonds is 22. The highest BCUT2D eigenvalue weighted by molar-refractivity contribution is 5.99. The SMILES string of the molecule is CC(C)C[C@H](NC(=O)[C@H](CO)NC(=O)[C@H](C)NC(=O)[C@H](CCCN=C(N)N)NC(=O)[C@H](C)NC(=O)[C@@H]1CCCN1C(=O)[C@@H]1CCCN1C(=O)[C@@H]1CCCN1C(=O)[C@@H]1CCCN1C(=O)[C@@H]1CCCN1)C(=O)O. The number of aliphatic hydroxyl groups excluding tert-OH is 1.